The maximum atomic E-state index is 15.2. The molecule has 10 rings (SSSR count). The number of benzene rings is 6. The lowest BCUT2D eigenvalue weighted by atomic mass is 10.0. The average molecular weight is 898 g/mol. The Morgan fingerprint density at radius 2 is 0.587 bits per heavy atom. The van der Waals surface area contributed by atoms with Crippen LogP contribution < -0.4 is 46.6 Å². The van der Waals surface area contributed by atoms with Crippen LogP contribution in [0.3, 0.4) is 0 Å². The normalized spacial score (nSPS) is 21.6. The van der Waals surface area contributed by atoms with Crippen LogP contribution in [0.5, 0.6) is 17.2 Å². The fraction of sp³-hybridized carbons (Fsp3) is 0.188. The summed E-state index contributed by atoms with van der Waals surface area (Å²) in [5, 5.41) is 1.33. The molecule has 6 aromatic carbocycles. The van der Waals surface area contributed by atoms with Crippen LogP contribution in [-0.2, 0) is 33.3 Å². The molecule has 0 saturated heterocycles. The third-order valence-corrected chi connectivity index (χ3v) is 21.0. The van der Waals surface area contributed by atoms with E-state index in [-0.39, 0.29) is 0 Å². The first-order valence-corrected chi connectivity index (χ1v) is 25.8. The zero-order valence-corrected chi connectivity index (χ0v) is 37.3. The molecule has 0 N–H and O–H groups in total. The van der Waals surface area contributed by atoms with Crippen molar-refractivity contribution in [2.75, 3.05) is 0 Å². The first kappa shape index (κ1) is 40.9. The van der Waals surface area contributed by atoms with Crippen LogP contribution in [0.15, 0.2) is 160 Å². The maximum Gasteiger partial charge on any atom is 0.336 e. The standard InChI is InChI=1S/C48H42N3O9P3/c1-31(61(55)43-25-13-7-19-37(43)34-16-4-10-22-40(34)58-61)28-49-46(52)50(29-32(2)62(56)44-26-14-8-20-38(44)35-17-5-11-23-41(35)59-62)48(54)51(47(49)53)30-33(3)63(57)45-27-15-9-21-39(45)36-18-6-12-24-42(36)60-63/h4-27,31-33H,28-30H2,1-3H3. The summed E-state index contributed by atoms with van der Waals surface area (Å²) in [4.78, 5) is 44.5. The molecule has 0 bridgehead atoms. The Bertz CT molecular complexity index is 2980. The number of rotatable bonds is 9. The molecule has 0 amide bonds. The number of hydrogen-bond acceptors (Lipinski definition) is 9. The smallest absolute Gasteiger partial charge is 0.336 e. The molecule has 15 heteroatoms. The van der Waals surface area contributed by atoms with E-state index < -0.39 is 75.8 Å². The summed E-state index contributed by atoms with van der Waals surface area (Å²) in [6.45, 7) is 3.70. The summed E-state index contributed by atoms with van der Waals surface area (Å²) < 4.78 is 67.4. The Hall–Kier alpha value is -6.18. The molecule has 3 aliphatic rings. The summed E-state index contributed by atoms with van der Waals surface area (Å²) >= 11 is 0. The highest BCUT2D eigenvalue weighted by atomic mass is 31.2. The first-order chi connectivity index (χ1) is 30.3. The molecule has 0 spiro atoms. The molecule has 4 heterocycles. The zero-order chi connectivity index (χ0) is 43.8. The molecule has 0 aliphatic carbocycles. The van der Waals surface area contributed by atoms with Crippen molar-refractivity contribution in [1.82, 2.24) is 13.7 Å². The fourth-order valence-electron chi connectivity index (χ4n) is 9.06. The van der Waals surface area contributed by atoms with Gasteiger partial charge < -0.3 is 13.6 Å². The van der Waals surface area contributed by atoms with Crippen LogP contribution in [-0.4, -0.2) is 30.7 Å². The molecule has 6 atom stereocenters. The van der Waals surface area contributed by atoms with Gasteiger partial charge in [-0.3, -0.25) is 13.7 Å². The number of para-hydroxylation sites is 3. The summed E-state index contributed by atoms with van der Waals surface area (Å²) in [6.07, 6.45) is 0. The Morgan fingerprint density at radius 3 is 0.857 bits per heavy atom. The van der Waals surface area contributed by atoms with Gasteiger partial charge in [-0.1, -0.05) is 130 Å². The van der Waals surface area contributed by atoms with Crippen LogP contribution in [0.25, 0.3) is 33.4 Å². The summed E-state index contributed by atoms with van der Waals surface area (Å²) in [7, 11) is -11.6. The van der Waals surface area contributed by atoms with Crippen LogP contribution in [0.1, 0.15) is 20.8 Å². The average Bonchev–Trinajstić information content (AvgIpc) is 3.30. The lowest BCUT2D eigenvalue weighted by Crippen LogP contribution is -2.57. The SMILES string of the molecule is CC(Cn1c(=O)n(CC(C)P2(=O)Oc3ccccc3-c3ccccc32)c(=O)n(CC(C)P2(=O)Oc3ccccc3-c3ccccc32)c1=O)P1(=O)Oc2ccccc2-c2ccccc21. The van der Waals surface area contributed by atoms with Crippen molar-refractivity contribution in [2.24, 2.45) is 0 Å². The molecule has 0 fully saturated rings. The van der Waals surface area contributed by atoms with Crippen molar-refractivity contribution in [3.8, 4) is 50.6 Å². The minimum atomic E-state index is -3.85. The van der Waals surface area contributed by atoms with Crippen molar-refractivity contribution in [1.29, 1.82) is 0 Å². The van der Waals surface area contributed by atoms with Gasteiger partial charge in [0.1, 0.15) is 17.2 Å². The van der Waals surface area contributed by atoms with Gasteiger partial charge in [0.2, 0.25) is 0 Å². The molecule has 1 aromatic heterocycles. The molecule has 3 aliphatic heterocycles. The van der Waals surface area contributed by atoms with Gasteiger partial charge in [0, 0.05) is 36.3 Å². The minimum Gasteiger partial charge on any atom is -0.439 e. The lowest BCUT2D eigenvalue weighted by molar-refractivity contribution is 0.411. The van der Waals surface area contributed by atoms with Gasteiger partial charge in [0.25, 0.3) is 22.1 Å². The Labute approximate surface area is 362 Å². The summed E-state index contributed by atoms with van der Waals surface area (Å²) in [5.74, 6) is 1.21. The fourth-order valence-corrected chi connectivity index (χ4v) is 16.3. The molecular formula is C48H42N3O9P3. The van der Waals surface area contributed by atoms with E-state index in [0.717, 1.165) is 30.4 Å². The van der Waals surface area contributed by atoms with E-state index in [2.05, 4.69) is 0 Å². The molecular weight excluding hydrogens is 855 g/mol. The van der Waals surface area contributed by atoms with E-state index in [1.807, 2.05) is 72.8 Å². The van der Waals surface area contributed by atoms with Gasteiger partial charge in [0.05, 0.1) is 32.9 Å². The molecule has 6 unspecified atom stereocenters. The second kappa shape index (κ2) is 15.3. The quantitative estimate of drug-likeness (QED) is 0.131. The summed E-state index contributed by atoms with van der Waals surface area (Å²) in [6, 6.07) is 43.3. The number of hydrogen-bond donors (Lipinski definition) is 0. The number of aromatic nitrogens is 3. The van der Waals surface area contributed by atoms with E-state index in [9.17, 15) is 14.4 Å². The molecule has 318 valence electrons. The maximum absolute atomic E-state index is 15.2. The van der Waals surface area contributed by atoms with Crippen molar-refractivity contribution < 1.29 is 27.3 Å². The van der Waals surface area contributed by atoms with Crippen molar-refractivity contribution in [3.63, 3.8) is 0 Å². The van der Waals surface area contributed by atoms with Gasteiger partial charge in [0.15, 0.2) is 0 Å². The minimum absolute atomic E-state index is 0.404. The Balaban J connectivity index is 1.09. The summed E-state index contributed by atoms with van der Waals surface area (Å²) in [5.41, 5.74) is -1.41. The van der Waals surface area contributed by atoms with Crippen molar-refractivity contribution >= 4 is 38.0 Å². The van der Waals surface area contributed by atoms with Gasteiger partial charge in [-0.2, -0.15) is 0 Å². The van der Waals surface area contributed by atoms with Gasteiger partial charge >= 0.3 is 17.1 Å². The largest absolute Gasteiger partial charge is 0.439 e. The predicted molar refractivity (Wildman–Crippen MR) is 247 cm³/mol. The van der Waals surface area contributed by atoms with Crippen LogP contribution >= 0.6 is 22.1 Å². The Kier molecular flexibility index (Phi) is 9.90. The second-order valence-electron chi connectivity index (χ2n) is 16.3. The van der Waals surface area contributed by atoms with Gasteiger partial charge in [-0.25, -0.2) is 28.1 Å². The highest BCUT2D eigenvalue weighted by Gasteiger charge is 2.45. The molecule has 12 nitrogen and oxygen atoms in total. The number of nitrogens with zero attached hydrogens (tertiary/aromatic N) is 3. The highest BCUT2D eigenvalue weighted by molar-refractivity contribution is 7.69. The molecule has 0 saturated carbocycles. The molecule has 0 radical (unpaired) electrons. The third-order valence-electron chi connectivity index (χ3n) is 12.4. The van der Waals surface area contributed by atoms with Crippen molar-refractivity contribution in [3.05, 3.63) is 177 Å². The highest BCUT2D eigenvalue weighted by Crippen LogP contribution is 2.60. The van der Waals surface area contributed by atoms with Crippen LogP contribution in [0.2, 0.25) is 0 Å². The molecule has 7 aromatic rings. The van der Waals surface area contributed by atoms with Crippen LogP contribution in [0.4, 0.5) is 0 Å². The van der Waals surface area contributed by atoms with Crippen LogP contribution in [0, 0.1) is 0 Å². The zero-order valence-electron chi connectivity index (χ0n) is 34.6. The van der Waals surface area contributed by atoms with E-state index in [0.29, 0.717) is 49.9 Å². The van der Waals surface area contributed by atoms with E-state index in [1.54, 1.807) is 93.6 Å². The second-order valence-corrected chi connectivity index (χ2v) is 24.6. The van der Waals surface area contributed by atoms with E-state index >= 15 is 13.7 Å². The van der Waals surface area contributed by atoms with E-state index in [1.165, 1.54) is 0 Å². The predicted octanol–water partition coefficient (Wildman–Crippen LogP) is 8.33. The van der Waals surface area contributed by atoms with Gasteiger partial charge in [-0.15, -0.1) is 0 Å². The number of fused-ring (bicyclic) bond motifs is 9. The monoisotopic (exact) mass is 897 g/mol. The lowest BCUT2D eigenvalue weighted by Gasteiger charge is -2.33. The Morgan fingerprint density at radius 1 is 0.365 bits per heavy atom. The van der Waals surface area contributed by atoms with Gasteiger partial charge in [-0.05, 0) is 53.1 Å². The topological polar surface area (TPSA) is 145 Å². The first-order valence-electron chi connectivity index (χ1n) is 20.7. The molecule has 63 heavy (non-hydrogen) atoms. The van der Waals surface area contributed by atoms with Crippen molar-refractivity contribution in [2.45, 2.75) is 57.4 Å². The third kappa shape index (κ3) is 6.41. The van der Waals surface area contributed by atoms with E-state index in [4.69, 9.17) is 13.6 Å².